The standard InChI is InChI=1S/C16H26N2O2/c1-2-3-4-12-5-7-14(8-6-12)18-16(19)13-9-15(10-17)20-11-13/h9,11-12,14H,2-8,10,17H2,1H3,(H,18,19). The summed E-state index contributed by atoms with van der Waals surface area (Å²) in [5.41, 5.74) is 6.06. The maximum absolute atomic E-state index is 12.1. The van der Waals surface area contributed by atoms with E-state index in [1.165, 1.54) is 38.4 Å². The number of rotatable bonds is 6. The molecule has 112 valence electrons. The van der Waals surface area contributed by atoms with E-state index < -0.39 is 0 Å². The van der Waals surface area contributed by atoms with Crippen LogP contribution in [-0.2, 0) is 6.54 Å². The normalized spacial score (nSPS) is 22.7. The minimum Gasteiger partial charge on any atom is -0.467 e. The average Bonchev–Trinajstić information content (AvgIpc) is 2.95. The first-order valence-corrected chi connectivity index (χ1v) is 7.81. The summed E-state index contributed by atoms with van der Waals surface area (Å²) in [6.45, 7) is 2.57. The highest BCUT2D eigenvalue weighted by Gasteiger charge is 2.22. The molecule has 0 bridgehead atoms. The molecule has 0 atom stereocenters. The van der Waals surface area contributed by atoms with Gasteiger partial charge >= 0.3 is 0 Å². The zero-order valence-electron chi connectivity index (χ0n) is 12.4. The number of carbonyl (C=O) groups is 1. The van der Waals surface area contributed by atoms with E-state index in [1.807, 2.05) is 0 Å². The predicted molar refractivity (Wildman–Crippen MR) is 79.3 cm³/mol. The molecule has 1 saturated carbocycles. The molecule has 0 aliphatic heterocycles. The summed E-state index contributed by atoms with van der Waals surface area (Å²) in [7, 11) is 0. The van der Waals surface area contributed by atoms with Gasteiger partial charge in [-0.15, -0.1) is 0 Å². The largest absolute Gasteiger partial charge is 0.467 e. The zero-order chi connectivity index (χ0) is 14.4. The maximum Gasteiger partial charge on any atom is 0.254 e. The highest BCUT2D eigenvalue weighted by molar-refractivity contribution is 5.94. The van der Waals surface area contributed by atoms with Crippen molar-refractivity contribution < 1.29 is 9.21 Å². The van der Waals surface area contributed by atoms with E-state index in [9.17, 15) is 4.79 Å². The molecule has 1 fully saturated rings. The topological polar surface area (TPSA) is 68.3 Å². The summed E-state index contributed by atoms with van der Waals surface area (Å²) in [4.78, 5) is 12.1. The molecule has 1 aliphatic rings. The van der Waals surface area contributed by atoms with Crippen molar-refractivity contribution in [3.63, 3.8) is 0 Å². The van der Waals surface area contributed by atoms with Gasteiger partial charge in [-0.05, 0) is 37.7 Å². The van der Waals surface area contributed by atoms with Gasteiger partial charge in [-0.25, -0.2) is 0 Å². The molecule has 20 heavy (non-hydrogen) atoms. The molecule has 2 rings (SSSR count). The van der Waals surface area contributed by atoms with Gasteiger partial charge in [-0.3, -0.25) is 4.79 Å². The number of hydrogen-bond acceptors (Lipinski definition) is 3. The van der Waals surface area contributed by atoms with Crippen LogP contribution in [0.25, 0.3) is 0 Å². The third kappa shape index (κ3) is 4.10. The Labute approximate surface area is 121 Å². The molecule has 0 spiro atoms. The summed E-state index contributed by atoms with van der Waals surface area (Å²) in [6.07, 6.45) is 10.1. The van der Waals surface area contributed by atoms with Crippen molar-refractivity contribution >= 4 is 5.91 Å². The van der Waals surface area contributed by atoms with Crippen molar-refractivity contribution in [1.29, 1.82) is 0 Å². The molecule has 1 amide bonds. The Hall–Kier alpha value is -1.29. The third-order valence-electron chi connectivity index (χ3n) is 4.27. The van der Waals surface area contributed by atoms with Crippen molar-refractivity contribution in [2.75, 3.05) is 0 Å². The van der Waals surface area contributed by atoms with E-state index in [1.54, 1.807) is 6.07 Å². The molecule has 4 heteroatoms. The Morgan fingerprint density at radius 3 is 2.75 bits per heavy atom. The molecule has 0 aromatic carbocycles. The summed E-state index contributed by atoms with van der Waals surface area (Å²) in [5, 5.41) is 3.11. The number of nitrogens with one attached hydrogen (secondary N) is 1. The minimum absolute atomic E-state index is 0.0366. The zero-order valence-corrected chi connectivity index (χ0v) is 12.4. The SMILES string of the molecule is CCCCC1CCC(NC(=O)c2coc(CN)c2)CC1. The summed E-state index contributed by atoms with van der Waals surface area (Å²) in [6, 6.07) is 2.04. The lowest BCUT2D eigenvalue weighted by Crippen LogP contribution is -2.37. The third-order valence-corrected chi connectivity index (χ3v) is 4.27. The van der Waals surface area contributed by atoms with Crippen LogP contribution in [0.15, 0.2) is 16.7 Å². The summed E-state index contributed by atoms with van der Waals surface area (Å²) in [5.74, 6) is 1.48. The number of carbonyl (C=O) groups excluding carboxylic acids is 1. The van der Waals surface area contributed by atoms with Crippen molar-refractivity contribution in [2.45, 2.75) is 64.5 Å². The van der Waals surface area contributed by atoms with Crippen LogP contribution >= 0.6 is 0 Å². The average molecular weight is 278 g/mol. The van der Waals surface area contributed by atoms with Crippen LogP contribution in [0.1, 0.15) is 68.0 Å². The Morgan fingerprint density at radius 1 is 1.40 bits per heavy atom. The van der Waals surface area contributed by atoms with Crippen LogP contribution in [0.5, 0.6) is 0 Å². The molecule has 0 saturated heterocycles. The van der Waals surface area contributed by atoms with Crippen molar-refractivity contribution in [3.8, 4) is 0 Å². The monoisotopic (exact) mass is 278 g/mol. The van der Waals surface area contributed by atoms with Gasteiger partial charge in [-0.1, -0.05) is 26.2 Å². The van der Waals surface area contributed by atoms with Crippen LogP contribution in [0.3, 0.4) is 0 Å². The second kappa shape index (κ2) is 7.48. The van der Waals surface area contributed by atoms with E-state index in [0.717, 1.165) is 18.8 Å². The van der Waals surface area contributed by atoms with Crippen LogP contribution in [0.2, 0.25) is 0 Å². The van der Waals surface area contributed by atoms with Crippen molar-refractivity contribution in [3.05, 3.63) is 23.7 Å². The Balaban J connectivity index is 1.76. The molecule has 1 aromatic rings. The Kier molecular flexibility index (Phi) is 5.65. The van der Waals surface area contributed by atoms with E-state index in [0.29, 0.717) is 23.9 Å². The van der Waals surface area contributed by atoms with E-state index >= 15 is 0 Å². The molecule has 1 aromatic heterocycles. The van der Waals surface area contributed by atoms with Gasteiger partial charge in [0.15, 0.2) is 0 Å². The van der Waals surface area contributed by atoms with Gasteiger partial charge < -0.3 is 15.5 Å². The number of amides is 1. The highest BCUT2D eigenvalue weighted by atomic mass is 16.3. The molecule has 4 nitrogen and oxygen atoms in total. The van der Waals surface area contributed by atoms with Crippen molar-refractivity contribution in [2.24, 2.45) is 11.7 Å². The summed E-state index contributed by atoms with van der Waals surface area (Å²) >= 11 is 0. The number of nitrogens with two attached hydrogens (primary N) is 1. The van der Waals surface area contributed by atoms with Gasteiger partial charge in [0.25, 0.3) is 5.91 Å². The predicted octanol–water partition coefficient (Wildman–Crippen LogP) is 3.22. The minimum atomic E-state index is -0.0366. The fourth-order valence-corrected chi connectivity index (χ4v) is 2.96. The molecule has 0 radical (unpaired) electrons. The molecule has 0 unspecified atom stereocenters. The molecular formula is C16H26N2O2. The number of furan rings is 1. The fraction of sp³-hybridized carbons (Fsp3) is 0.688. The molecule has 1 aliphatic carbocycles. The smallest absolute Gasteiger partial charge is 0.254 e. The van der Waals surface area contributed by atoms with Gasteiger partial charge in [0.2, 0.25) is 0 Å². The van der Waals surface area contributed by atoms with Crippen LogP contribution in [0.4, 0.5) is 0 Å². The first-order valence-electron chi connectivity index (χ1n) is 7.81. The quantitative estimate of drug-likeness (QED) is 0.839. The Morgan fingerprint density at radius 2 is 2.15 bits per heavy atom. The van der Waals surface area contributed by atoms with Crippen LogP contribution < -0.4 is 11.1 Å². The number of unbranched alkanes of at least 4 members (excludes halogenated alkanes) is 1. The lowest BCUT2D eigenvalue weighted by Gasteiger charge is -2.29. The van der Waals surface area contributed by atoms with E-state index in [4.69, 9.17) is 10.2 Å². The second-order valence-corrected chi connectivity index (χ2v) is 5.84. The molecule has 1 heterocycles. The maximum atomic E-state index is 12.1. The lowest BCUT2D eigenvalue weighted by molar-refractivity contribution is 0.0920. The molecular weight excluding hydrogens is 252 g/mol. The van der Waals surface area contributed by atoms with Gasteiger partial charge in [-0.2, -0.15) is 0 Å². The first kappa shape index (κ1) is 15.1. The summed E-state index contributed by atoms with van der Waals surface area (Å²) < 4.78 is 5.20. The molecule has 3 N–H and O–H groups in total. The lowest BCUT2D eigenvalue weighted by atomic mass is 9.83. The second-order valence-electron chi connectivity index (χ2n) is 5.84. The van der Waals surface area contributed by atoms with Crippen LogP contribution in [0, 0.1) is 5.92 Å². The Bertz CT molecular complexity index is 420. The van der Waals surface area contributed by atoms with E-state index in [2.05, 4.69) is 12.2 Å². The van der Waals surface area contributed by atoms with Gasteiger partial charge in [0.05, 0.1) is 12.1 Å². The van der Waals surface area contributed by atoms with Crippen molar-refractivity contribution in [1.82, 2.24) is 5.32 Å². The van der Waals surface area contributed by atoms with Gasteiger partial charge in [0.1, 0.15) is 12.0 Å². The van der Waals surface area contributed by atoms with Gasteiger partial charge in [0, 0.05) is 6.04 Å². The number of hydrogen-bond donors (Lipinski definition) is 2. The highest BCUT2D eigenvalue weighted by Crippen LogP contribution is 2.28. The fourth-order valence-electron chi connectivity index (χ4n) is 2.96. The van der Waals surface area contributed by atoms with Crippen LogP contribution in [-0.4, -0.2) is 11.9 Å². The first-order chi connectivity index (χ1) is 9.72. The van der Waals surface area contributed by atoms with E-state index in [-0.39, 0.29) is 5.91 Å².